The molecular weight excluding hydrogens is 374 g/mol. The van der Waals surface area contributed by atoms with Crippen molar-refractivity contribution in [3.63, 3.8) is 0 Å². The van der Waals surface area contributed by atoms with Crippen molar-refractivity contribution in [1.82, 2.24) is 0 Å². The van der Waals surface area contributed by atoms with E-state index in [-0.39, 0.29) is 21.2 Å². The third kappa shape index (κ3) is 4.00. The van der Waals surface area contributed by atoms with Gasteiger partial charge >= 0.3 is 0 Å². The van der Waals surface area contributed by atoms with Gasteiger partial charge < -0.3 is 4.74 Å². The Bertz CT molecular complexity index is 968. The Hall–Kier alpha value is -1.77. The van der Waals surface area contributed by atoms with Crippen molar-refractivity contribution < 1.29 is 21.6 Å². The van der Waals surface area contributed by atoms with Crippen LogP contribution in [0, 0.1) is 6.92 Å². The van der Waals surface area contributed by atoms with E-state index in [0.29, 0.717) is 10.6 Å². The van der Waals surface area contributed by atoms with Crippen LogP contribution in [0.2, 0.25) is 5.02 Å². The van der Waals surface area contributed by atoms with Crippen molar-refractivity contribution in [3.8, 4) is 5.75 Å². The molecule has 2 rings (SSSR count). The molecule has 0 fully saturated rings. The zero-order valence-electron chi connectivity index (χ0n) is 13.2. The van der Waals surface area contributed by atoms with Crippen LogP contribution in [-0.2, 0) is 19.9 Å². The Labute approximate surface area is 146 Å². The summed E-state index contributed by atoms with van der Waals surface area (Å²) < 4.78 is 55.4. The molecule has 0 atom stereocenters. The second kappa shape index (κ2) is 6.62. The van der Waals surface area contributed by atoms with E-state index in [0.717, 1.165) is 6.26 Å². The fourth-order valence-corrected chi connectivity index (χ4v) is 3.83. The lowest BCUT2D eigenvalue weighted by atomic mass is 10.2. The molecule has 130 valence electrons. The van der Waals surface area contributed by atoms with E-state index in [1.807, 2.05) is 0 Å². The molecule has 0 aliphatic heterocycles. The number of halogens is 1. The third-order valence-corrected chi connectivity index (χ3v) is 6.20. The monoisotopic (exact) mass is 389 g/mol. The second-order valence-electron chi connectivity index (χ2n) is 5.15. The molecule has 0 aliphatic rings. The molecule has 0 saturated carbocycles. The van der Waals surface area contributed by atoms with Crippen LogP contribution in [0.4, 0.5) is 5.69 Å². The molecular formula is C15H16ClNO5S2. The van der Waals surface area contributed by atoms with Gasteiger partial charge in [0.15, 0.2) is 9.84 Å². The number of anilines is 1. The molecule has 1 N–H and O–H groups in total. The number of ether oxygens (including phenoxy) is 1. The number of hydrogen-bond donors (Lipinski definition) is 1. The Balaban J connectivity index is 2.40. The summed E-state index contributed by atoms with van der Waals surface area (Å²) >= 11 is 6.00. The van der Waals surface area contributed by atoms with Gasteiger partial charge in [0.1, 0.15) is 5.75 Å². The Morgan fingerprint density at radius 1 is 1.00 bits per heavy atom. The summed E-state index contributed by atoms with van der Waals surface area (Å²) in [5, 5.41) is 0.451. The summed E-state index contributed by atoms with van der Waals surface area (Å²) in [7, 11) is -5.90. The lowest BCUT2D eigenvalue weighted by Crippen LogP contribution is -2.14. The maximum absolute atomic E-state index is 12.5. The number of hydrogen-bond acceptors (Lipinski definition) is 5. The molecule has 0 heterocycles. The van der Waals surface area contributed by atoms with Gasteiger partial charge in [0.05, 0.1) is 22.6 Å². The van der Waals surface area contributed by atoms with Gasteiger partial charge in [-0.05, 0) is 42.8 Å². The number of methoxy groups -OCH3 is 1. The van der Waals surface area contributed by atoms with Gasteiger partial charge in [0.25, 0.3) is 10.0 Å². The SMILES string of the molecule is COc1cc(Cl)c(C)cc1NS(=O)(=O)c1ccc(S(C)(=O)=O)cc1. The van der Waals surface area contributed by atoms with Crippen molar-refractivity contribution in [3.05, 3.63) is 47.0 Å². The zero-order chi connectivity index (χ0) is 18.1. The standard InChI is InChI=1S/C15H16ClNO5S2/c1-10-8-14(15(22-2)9-13(10)16)17-24(20,21)12-6-4-11(5-7-12)23(3,18)19/h4-9,17H,1-3H3. The van der Waals surface area contributed by atoms with Crippen LogP contribution in [0.25, 0.3) is 0 Å². The molecule has 9 heteroatoms. The quantitative estimate of drug-likeness (QED) is 0.849. The topological polar surface area (TPSA) is 89.5 Å². The Morgan fingerprint density at radius 2 is 1.54 bits per heavy atom. The van der Waals surface area contributed by atoms with Crippen LogP contribution in [0.15, 0.2) is 46.2 Å². The molecule has 0 saturated heterocycles. The fraction of sp³-hybridized carbons (Fsp3) is 0.200. The maximum atomic E-state index is 12.5. The fourth-order valence-electron chi connectivity index (χ4n) is 1.98. The molecule has 2 aromatic carbocycles. The molecule has 0 aliphatic carbocycles. The smallest absolute Gasteiger partial charge is 0.262 e. The highest BCUT2D eigenvalue weighted by molar-refractivity contribution is 7.92. The molecule has 0 amide bonds. The summed E-state index contributed by atoms with van der Waals surface area (Å²) in [5.74, 6) is 0.280. The first-order chi connectivity index (χ1) is 11.0. The van der Waals surface area contributed by atoms with Crippen LogP contribution in [0.5, 0.6) is 5.75 Å². The summed E-state index contributed by atoms with van der Waals surface area (Å²) in [6.07, 6.45) is 1.05. The number of aryl methyl sites for hydroxylation is 1. The highest BCUT2D eigenvalue weighted by atomic mass is 35.5. The zero-order valence-corrected chi connectivity index (χ0v) is 15.6. The number of sulfonamides is 1. The van der Waals surface area contributed by atoms with Crippen molar-refractivity contribution in [2.75, 3.05) is 18.1 Å². The predicted molar refractivity (Wildman–Crippen MR) is 93.1 cm³/mol. The molecule has 0 spiro atoms. The first kappa shape index (κ1) is 18.6. The van der Waals surface area contributed by atoms with Gasteiger partial charge in [0, 0.05) is 17.3 Å². The maximum Gasteiger partial charge on any atom is 0.262 e. The molecule has 0 unspecified atom stereocenters. The van der Waals surface area contributed by atoms with Gasteiger partial charge in [-0.25, -0.2) is 16.8 Å². The number of rotatable bonds is 5. The first-order valence-electron chi connectivity index (χ1n) is 6.71. The van der Waals surface area contributed by atoms with Gasteiger partial charge in [-0.2, -0.15) is 0 Å². The molecule has 0 aromatic heterocycles. The third-order valence-electron chi connectivity index (χ3n) is 3.29. The lowest BCUT2D eigenvalue weighted by Gasteiger charge is -2.13. The number of benzene rings is 2. The van der Waals surface area contributed by atoms with E-state index in [4.69, 9.17) is 16.3 Å². The van der Waals surface area contributed by atoms with Gasteiger partial charge in [0.2, 0.25) is 0 Å². The minimum atomic E-state index is -3.91. The van der Waals surface area contributed by atoms with Crippen molar-refractivity contribution in [1.29, 1.82) is 0 Å². The molecule has 24 heavy (non-hydrogen) atoms. The normalized spacial score (nSPS) is 12.0. The van der Waals surface area contributed by atoms with Crippen molar-refractivity contribution in [2.24, 2.45) is 0 Å². The van der Waals surface area contributed by atoms with E-state index >= 15 is 0 Å². The van der Waals surface area contributed by atoms with Crippen LogP contribution >= 0.6 is 11.6 Å². The van der Waals surface area contributed by atoms with E-state index in [2.05, 4.69) is 4.72 Å². The van der Waals surface area contributed by atoms with Crippen LogP contribution in [0.1, 0.15) is 5.56 Å². The highest BCUT2D eigenvalue weighted by Crippen LogP contribution is 2.32. The van der Waals surface area contributed by atoms with Crippen molar-refractivity contribution in [2.45, 2.75) is 16.7 Å². The Morgan fingerprint density at radius 3 is 2.04 bits per heavy atom. The van der Waals surface area contributed by atoms with Crippen LogP contribution in [-0.4, -0.2) is 30.2 Å². The largest absolute Gasteiger partial charge is 0.495 e. The first-order valence-corrected chi connectivity index (χ1v) is 10.5. The number of sulfone groups is 1. The van der Waals surface area contributed by atoms with E-state index in [1.54, 1.807) is 13.0 Å². The van der Waals surface area contributed by atoms with E-state index in [9.17, 15) is 16.8 Å². The van der Waals surface area contributed by atoms with Crippen molar-refractivity contribution >= 4 is 37.1 Å². The summed E-state index contributed by atoms with van der Waals surface area (Å²) in [6, 6.07) is 8.02. The molecule has 0 bridgehead atoms. The summed E-state index contributed by atoms with van der Waals surface area (Å²) in [5.41, 5.74) is 0.925. The van der Waals surface area contributed by atoms with Crippen LogP contribution in [0.3, 0.4) is 0 Å². The van der Waals surface area contributed by atoms with Crippen LogP contribution < -0.4 is 9.46 Å². The minimum Gasteiger partial charge on any atom is -0.495 e. The van der Waals surface area contributed by atoms with Gasteiger partial charge in [-0.1, -0.05) is 11.6 Å². The van der Waals surface area contributed by atoms with Gasteiger partial charge in [-0.3, -0.25) is 4.72 Å². The van der Waals surface area contributed by atoms with Gasteiger partial charge in [-0.15, -0.1) is 0 Å². The molecule has 2 aromatic rings. The Kier molecular flexibility index (Phi) is 5.12. The highest BCUT2D eigenvalue weighted by Gasteiger charge is 2.18. The summed E-state index contributed by atoms with van der Waals surface area (Å²) in [4.78, 5) is -0.0223. The molecule has 6 nitrogen and oxygen atoms in total. The summed E-state index contributed by atoms with van der Waals surface area (Å²) in [6.45, 7) is 1.74. The second-order valence-corrected chi connectivity index (χ2v) is 9.26. The number of nitrogens with one attached hydrogen (secondary N) is 1. The molecule has 0 radical (unpaired) electrons. The average Bonchev–Trinajstić information content (AvgIpc) is 2.49. The van der Waals surface area contributed by atoms with E-state index in [1.165, 1.54) is 37.4 Å². The van der Waals surface area contributed by atoms with E-state index < -0.39 is 19.9 Å². The average molecular weight is 390 g/mol. The minimum absolute atomic E-state index is 0.0429. The lowest BCUT2D eigenvalue weighted by molar-refractivity contribution is 0.417. The predicted octanol–water partition coefficient (Wildman–Crippen LogP) is 2.86.